The zero-order valence-electron chi connectivity index (χ0n) is 25.1. The SMILES string of the molecule is c1ccc(-c2ccc(N(c3cccc(-c4cccc5oc6c7ccccc7ccc6c45)c3)c3ccc4ccccc4c3)cc2)cc1. The lowest BCUT2D eigenvalue weighted by molar-refractivity contribution is 0.673. The highest BCUT2D eigenvalue weighted by atomic mass is 16.3. The topological polar surface area (TPSA) is 16.4 Å². The van der Waals surface area contributed by atoms with E-state index >= 15 is 0 Å². The minimum absolute atomic E-state index is 0.900. The van der Waals surface area contributed by atoms with Gasteiger partial charge < -0.3 is 9.32 Å². The van der Waals surface area contributed by atoms with Crippen molar-refractivity contribution in [2.45, 2.75) is 0 Å². The monoisotopic (exact) mass is 587 g/mol. The molecule has 0 atom stereocenters. The number of furan rings is 1. The average Bonchev–Trinajstić information content (AvgIpc) is 3.52. The van der Waals surface area contributed by atoms with Gasteiger partial charge in [0.1, 0.15) is 11.2 Å². The summed E-state index contributed by atoms with van der Waals surface area (Å²) in [4.78, 5) is 2.35. The first-order valence-corrected chi connectivity index (χ1v) is 15.7. The lowest BCUT2D eigenvalue weighted by Gasteiger charge is -2.26. The van der Waals surface area contributed by atoms with Gasteiger partial charge >= 0.3 is 0 Å². The molecule has 0 amide bonds. The van der Waals surface area contributed by atoms with E-state index in [9.17, 15) is 0 Å². The van der Waals surface area contributed by atoms with E-state index in [4.69, 9.17) is 4.42 Å². The van der Waals surface area contributed by atoms with E-state index in [1.807, 2.05) is 0 Å². The predicted molar refractivity (Wildman–Crippen MR) is 194 cm³/mol. The van der Waals surface area contributed by atoms with Crippen LogP contribution in [0.15, 0.2) is 180 Å². The van der Waals surface area contributed by atoms with Crippen LogP contribution >= 0.6 is 0 Å². The predicted octanol–water partition coefficient (Wildman–Crippen LogP) is 12.7. The summed E-state index contributed by atoms with van der Waals surface area (Å²) in [5.74, 6) is 0. The summed E-state index contributed by atoms with van der Waals surface area (Å²) < 4.78 is 6.52. The van der Waals surface area contributed by atoms with Gasteiger partial charge in [-0.05, 0) is 86.9 Å². The summed E-state index contributed by atoms with van der Waals surface area (Å²) >= 11 is 0. The van der Waals surface area contributed by atoms with Crippen molar-refractivity contribution in [2.75, 3.05) is 4.90 Å². The molecule has 46 heavy (non-hydrogen) atoms. The lowest BCUT2D eigenvalue weighted by Crippen LogP contribution is -2.10. The third-order valence-electron chi connectivity index (χ3n) is 9.03. The van der Waals surface area contributed by atoms with Crippen LogP contribution in [0.4, 0.5) is 17.1 Å². The Morgan fingerprint density at radius 2 is 1.02 bits per heavy atom. The average molecular weight is 588 g/mol. The summed E-state index contributed by atoms with van der Waals surface area (Å²) in [6.07, 6.45) is 0. The first kappa shape index (κ1) is 26.3. The molecular formula is C44H29NO. The molecule has 2 nitrogen and oxygen atoms in total. The first-order chi connectivity index (χ1) is 22.8. The van der Waals surface area contributed by atoms with Crippen LogP contribution in [0, 0.1) is 0 Å². The van der Waals surface area contributed by atoms with E-state index in [2.05, 4.69) is 181 Å². The van der Waals surface area contributed by atoms with Gasteiger partial charge in [0.25, 0.3) is 0 Å². The van der Waals surface area contributed by atoms with Crippen molar-refractivity contribution in [2.24, 2.45) is 0 Å². The Morgan fingerprint density at radius 3 is 1.89 bits per heavy atom. The van der Waals surface area contributed by atoms with E-state index in [1.54, 1.807) is 0 Å². The molecule has 0 aliphatic rings. The third kappa shape index (κ3) is 4.43. The Kier molecular flexibility index (Phi) is 6.17. The van der Waals surface area contributed by atoms with E-state index in [0.717, 1.165) is 55.5 Å². The number of anilines is 3. The van der Waals surface area contributed by atoms with Crippen LogP contribution in [0.25, 0.3) is 65.7 Å². The molecule has 9 rings (SSSR count). The maximum absolute atomic E-state index is 6.52. The molecule has 0 bridgehead atoms. The van der Waals surface area contributed by atoms with Crippen LogP contribution in [-0.2, 0) is 0 Å². The van der Waals surface area contributed by atoms with Crippen molar-refractivity contribution in [3.63, 3.8) is 0 Å². The van der Waals surface area contributed by atoms with Crippen molar-refractivity contribution in [1.82, 2.24) is 0 Å². The van der Waals surface area contributed by atoms with E-state index < -0.39 is 0 Å². The number of hydrogen-bond donors (Lipinski definition) is 0. The molecular weight excluding hydrogens is 558 g/mol. The smallest absolute Gasteiger partial charge is 0.143 e. The van der Waals surface area contributed by atoms with Gasteiger partial charge in [-0.1, -0.05) is 127 Å². The number of nitrogens with zero attached hydrogens (tertiary/aromatic N) is 1. The molecule has 2 heteroatoms. The second-order valence-corrected chi connectivity index (χ2v) is 11.8. The van der Waals surface area contributed by atoms with Crippen LogP contribution in [0.2, 0.25) is 0 Å². The molecule has 8 aromatic carbocycles. The Morgan fingerprint density at radius 1 is 0.370 bits per heavy atom. The largest absolute Gasteiger partial charge is 0.455 e. The molecule has 0 saturated carbocycles. The van der Waals surface area contributed by atoms with Crippen molar-refractivity contribution in [3.8, 4) is 22.3 Å². The number of benzene rings is 8. The standard InChI is InChI=1S/C44H29NO/c1-2-10-30(11-3-1)32-20-24-36(25-21-32)45(38-26-22-31-12-4-5-14-34(31)28-38)37-16-8-15-35(29-37)39-18-9-19-42-43(39)41-27-23-33-13-6-7-17-40(33)44(41)46-42/h1-29H. The second-order valence-electron chi connectivity index (χ2n) is 11.8. The highest BCUT2D eigenvalue weighted by molar-refractivity contribution is 6.19. The lowest BCUT2D eigenvalue weighted by atomic mass is 9.97. The van der Waals surface area contributed by atoms with E-state index in [0.29, 0.717) is 0 Å². The molecule has 216 valence electrons. The van der Waals surface area contributed by atoms with Gasteiger partial charge in [-0.25, -0.2) is 0 Å². The summed E-state index contributed by atoms with van der Waals surface area (Å²) in [7, 11) is 0. The van der Waals surface area contributed by atoms with Gasteiger partial charge in [-0.2, -0.15) is 0 Å². The molecule has 0 radical (unpaired) electrons. The van der Waals surface area contributed by atoms with Crippen LogP contribution in [0.3, 0.4) is 0 Å². The van der Waals surface area contributed by atoms with Crippen LogP contribution in [-0.4, -0.2) is 0 Å². The molecule has 0 saturated heterocycles. The summed E-state index contributed by atoms with van der Waals surface area (Å²) in [6, 6.07) is 62.7. The van der Waals surface area contributed by atoms with Crippen molar-refractivity contribution in [3.05, 3.63) is 176 Å². The minimum atomic E-state index is 0.900. The number of fused-ring (bicyclic) bond motifs is 6. The van der Waals surface area contributed by atoms with Crippen LogP contribution in [0.1, 0.15) is 0 Å². The second kappa shape index (κ2) is 10.8. The molecule has 0 aliphatic heterocycles. The maximum atomic E-state index is 6.52. The summed E-state index contributed by atoms with van der Waals surface area (Å²) in [6.45, 7) is 0. The quantitative estimate of drug-likeness (QED) is 0.199. The van der Waals surface area contributed by atoms with Gasteiger partial charge in [0.05, 0.1) is 0 Å². The molecule has 0 fully saturated rings. The molecule has 1 heterocycles. The molecule has 0 spiro atoms. The first-order valence-electron chi connectivity index (χ1n) is 15.7. The zero-order chi connectivity index (χ0) is 30.5. The number of rotatable bonds is 5. The molecule has 0 aliphatic carbocycles. The summed E-state index contributed by atoms with van der Waals surface area (Å²) in [5.41, 5.74) is 9.86. The Bertz CT molecular complexity index is 2530. The van der Waals surface area contributed by atoms with E-state index in [-0.39, 0.29) is 0 Å². The fraction of sp³-hybridized carbons (Fsp3) is 0. The molecule has 1 aromatic heterocycles. The summed E-state index contributed by atoms with van der Waals surface area (Å²) in [5, 5.41) is 7.04. The fourth-order valence-corrected chi connectivity index (χ4v) is 6.80. The van der Waals surface area contributed by atoms with Crippen molar-refractivity contribution < 1.29 is 4.42 Å². The van der Waals surface area contributed by atoms with Gasteiger partial charge in [0.15, 0.2) is 0 Å². The highest BCUT2D eigenvalue weighted by Crippen LogP contribution is 2.42. The third-order valence-corrected chi connectivity index (χ3v) is 9.03. The zero-order valence-corrected chi connectivity index (χ0v) is 25.1. The van der Waals surface area contributed by atoms with E-state index in [1.165, 1.54) is 27.3 Å². The van der Waals surface area contributed by atoms with Gasteiger partial charge in [0.2, 0.25) is 0 Å². The van der Waals surface area contributed by atoms with Crippen LogP contribution < -0.4 is 4.90 Å². The number of hydrogen-bond acceptors (Lipinski definition) is 2. The Labute approximate surface area is 267 Å². The van der Waals surface area contributed by atoms with Gasteiger partial charge in [0, 0.05) is 33.2 Å². The van der Waals surface area contributed by atoms with Gasteiger partial charge in [-0.3, -0.25) is 0 Å². The molecule has 9 aromatic rings. The molecule has 0 unspecified atom stereocenters. The van der Waals surface area contributed by atoms with Crippen molar-refractivity contribution >= 4 is 60.5 Å². The molecule has 0 N–H and O–H groups in total. The Hall–Kier alpha value is -6.12. The Balaban J connectivity index is 1.21. The fourth-order valence-electron chi connectivity index (χ4n) is 6.80. The van der Waals surface area contributed by atoms with Crippen LogP contribution in [0.5, 0.6) is 0 Å². The van der Waals surface area contributed by atoms with Gasteiger partial charge in [-0.15, -0.1) is 0 Å². The van der Waals surface area contributed by atoms with Crippen molar-refractivity contribution in [1.29, 1.82) is 0 Å². The minimum Gasteiger partial charge on any atom is -0.455 e. The maximum Gasteiger partial charge on any atom is 0.143 e. The highest BCUT2D eigenvalue weighted by Gasteiger charge is 2.18. The normalized spacial score (nSPS) is 11.5.